The van der Waals surface area contributed by atoms with E-state index in [1.165, 1.54) is 6.42 Å². The third-order valence-corrected chi connectivity index (χ3v) is 5.64. The van der Waals surface area contributed by atoms with Crippen LogP contribution in [0.3, 0.4) is 0 Å². The zero-order valence-corrected chi connectivity index (χ0v) is 16.0. The van der Waals surface area contributed by atoms with E-state index in [1.807, 2.05) is 20.2 Å². The van der Waals surface area contributed by atoms with E-state index in [9.17, 15) is 4.79 Å². The number of aromatic nitrogens is 2. The number of fused-ring (bicyclic) bond motifs is 1. The van der Waals surface area contributed by atoms with Crippen LogP contribution in [0.4, 0.5) is 5.95 Å². The minimum Gasteiger partial charge on any atom is -0.348 e. The van der Waals surface area contributed by atoms with Crippen molar-refractivity contribution in [2.24, 2.45) is 11.3 Å². The van der Waals surface area contributed by atoms with Crippen molar-refractivity contribution in [2.45, 2.75) is 39.2 Å². The molecule has 6 nitrogen and oxygen atoms in total. The first-order valence-electron chi connectivity index (χ1n) is 9.42. The molecule has 1 amide bonds. The topological polar surface area (TPSA) is 52.6 Å². The minimum atomic E-state index is -0.335. The third-order valence-electron chi connectivity index (χ3n) is 5.64. The number of hydrogen-bond donors (Lipinski definition) is 0. The Morgan fingerprint density at radius 3 is 2.72 bits per heavy atom. The van der Waals surface area contributed by atoms with Gasteiger partial charge in [-0.05, 0) is 37.8 Å². The summed E-state index contributed by atoms with van der Waals surface area (Å²) in [4.78, 5) is 28.7. The van der Waals surface area contributed by atoms with E-state index in [4.69, 9.17) is 0 Å². The largest absolute Gasteiger partial charge is 0.348 e. The quantitative estimate of drug-likeness (QED) is 0.816. The van der Waals surface area contributed by atoms with Crippen LogP contribution in [-0.2, 0) is 4.79 Å². The van der Waals surface area contributed by atoms with Gasteiger partial charge in [0, 0.05) is 46.1 Å². The molecule has 6 heteroatoms. The maximum Gasteiger partial charge on any atom is 0.231 e. The van der Waals surface area contributed by atoms with Crippen molar-refractivity contribution < 1.29 is 4.79 Å². The van der Waals surface area contributed by atoms with Crippen LogP contribution in [-0.4, -0.2) is 72.0 Å². The molecule has 2 saturated heterocycles. The van der Waals surface area contributed by atoms with Gasteiger partial charge in [0.15, 0.2) is 0 Å². The van der Waals surface area contributed by atoms with Gasteiger partial charge in [0.2, 0.25) is 11.9 Å². The highest BCUT2D eigenvalue weighted by Gasteiger charge is 2.56. The van der Waals surface area contributed by atoms with E-state index >= 15 is 0 Å². The number of nitrogens with zero attached hydrogens (tertiary/aromatic N) is 5. The predicted molar refractivity (Wildman–Crippen MR) is 99.4 cm³/mol. The molecule has 2 aliphatic rings. The van der Waals surface area contributed by atoms with Gasteiger partial charge in [0.1, 0.15) is 0 Å². The molecule has 2 atom stereocenters. The molecule has 138 valence electrons. The summed E-state index contributed by atoms with van der Waals surface area (Å²) in [5.41, 5.74) is -0.335. The lowest BCUT2D eigenvalue weighted by Gasteiger charge is -2.45. The molecule has 2 aliphatic heterocycles. The Balaban J connectivity index is 1.90. The summed E-state index contributed by atoms with van der Waals surface area (Å²) in [5.74, 6) is 1.69. The van der Waals surface area contributed by atoms with E-state index < -0.39 is 0 Å². The smallest absolute Gasteiger partial charge is 0.231 e. The molecule has 0 aromatic carbocycles. The Hall–Kier alpha value is -1.69. The first-order valence-corrected chi connectivity index (χ1v) is 9.42. The second kappa shape index (κ2) is 7.28. The van der Waals surface area contributed by atoms with Crippen molar-refractivity contribution in [2.75, 3.05) is 45.2 Å². The standard InChI is InChI=1S/C19H31N5O/c1-15(2)7-12-23-13-16-19(14-23,17(25)22(3)4)8-5-11-24(16)18-20-9-6-10-21-18/h6,9-10,15-16H,5,7-8,11-14H2,1-4H3/t16-,19-/m0/s1. The fourth-order valence-corrected chi connectivity index (χ4v) is 4.40. The number of hydrogen-bond acceptors (Lipinski definition) is 5. The normalized spacial score (nSPS) is 26.8. The number of rotatable bonds is 5. The molecule has 3 rings (SSSR count). The van der Waals surface area contributed by atoms with Crippen molar-refractivity contribution in [1.82, 2.24) is 19.8 Å². The molecule has 25 heavy (non-hydrogen) atoms. The molecule has 0 bridgehead atoms. The molecule has 0 aliphatic carbocycles. The summed E-state index contributed by atoms with van der Waals surface area (Å²) in [5, 5.41) is 0. The molecule has 1 aromatic heterocycles. The molecule has 0 N–H and O–H groups in total. The summed E-state index contributed by atoms with van der Waals surface area (Å²) < 4.78 is 0. The first-order chi connectivity index (χ1) is 11.9. The van der Waals surface area contributed by atoms with Crippen molar-refractivity contribution in [3.05, 3.63) is 18.5 Å². The summed E-state index contributed by atoms with van der Waals surface area (Å²) in [7, 11) is 3.76. The van der Waals surface area contributed by atoms with Crippen LogP contribution >= 0.6 is 0 Å². The van der Waals surface area contributed by atoms with Gasteiger partial charge in [-0.25, -0.2) is 9.97 Å². The van der Waals surface area contributed by atoms with E-state index in [0.29, 0.717) is 5.92 Å². The van der Waals surface area contributed by atoms with Crippen molar-refractivity contribution in [3.8, 4) is 0 Å². The Kier molecular flexibility index (Phi) is 5.27. The molecule has 0 unspecified atom stereocenters. The minimum absolute atomic E-state index is 0.158. The van der Waals surface area contributed by atoms with Crippen LogP contribution in [0.15, 0.2) is 18.5 Å². The molecule has 3 heterocycles. The van der Waals surface area contributed by atoms with Crippen molar-refractivity contribution >= 4 is 11.9 Å². The monoisotopic (exact) mass is 345 g/mol. The predicted octanol–water partition coefficient (Wildman–Crippen LogP) is 1.88. The first kappa shape index (κ1) is 18.1. The van der Waals surface area contributed by atoms with Gasteiger partial charge in [-0.3, -0.25) is 4.79 Å². The summed E-state index contributed by atoms with van der Waals surface area (Å²) >= 11 is 0. The van der Waals surface area contributed by atoms with Gasteiger partial charge in [0.25, 0.3) is 0 Å². The fourth-order valence-electron chi connectivity index (χ4n) is 4.40. The van der Waals surface area contributed by atoms with Crippen molar-refractivity contribution in [1.29, 1.82) is 0 Å². The summed E-state index contributed by atoms with van der Waals surface area (Å²) in [6.07, 6.45) is 6.71. The lowest BCUT2D eigenvalue weighted by Crippen LogP contribution is -2.58. The van der Waals surface area contributed by atoms with Crippen LogP contribution in [0.2, 0.25) is 0 Å². The summed E-state index contributed by atoms with van der Waals surface area (Å²) in [6, 6.07) is 2.00. The number of anilines is 1. The van der Waals surface area contributed by atoms with Gasteiger partial charge in [-0.15, -0.1) is 0 Å². The lowest BCUT2D eigenvalue weighted by molar-refractivity contribution is -0.140. The highest BCUT2D eigenvalue weighted by molar-refractivity contribution is 5.85. The summed E-state index contributed by atoms with van der Waals surface area (Å²) in [6.45, 7) is 8.27. The second-order valence-electron chi connectivity index (χ2n) is 8.13. The highest BCUT2D eigenvalue weighted by Crippen LogP contribution is 2.44. The van der Waals surface area contributed by atoms with Gasteiger partial charge >= 0.3 is 0 Å². The molecular formula is C19H31N5O. The van der Waals surface area contributed by atoms with E-state index in [0.717, 1.165) is 45.0 Å². The van der Waals surface area contributed by atoms with E-state index in [2.05, 4.69) is 33.6 Å². The molecule has 0 spiro atoms. The molecule has 2 fully saturated rings. The molecular weight excluding hydrogens is 314 g/mol. The number of carbonyl (C=O) groups excluding carboxylic acids is 1. The second-order valence-corrected chi connectivity index (χ2v) is 8.13. The fraction of sp³-hybridized carbons (Fsp3) is 0.737. The molecule has 1 aromatic rings. The van der Waals surface area contributed by atoms with Crippen LogP contribution in [0.5, 0.6) is 0 Å². The highest BCUT2D eigenvalue weighted by atomic mass is 16.2. The number of piperidine rings is 1. The molecule has 0 saturated carbocycles. The molecule has 0 radical (unpaired) electrons. The Morgan fingerprint density at radius 2 is 2.08 bits per heavy atom. The van der Waals surface area contributed by atoms with Gasteiger partial charge in [-0.1, -0.05) is 13.8 Å². The van der Waals surface area contributed by atoms with Crippen LogP contribution in [0, 0.1) is 11.3 Å². The van der Waals surface area contributed by atoms with Crippen LogP contribution in [0.25, 0.3) is 0 Å². The average Bonchev–Trinajstić information content (AvgIpc) is 2.99. The average molecular weight is 345 g/mol. The Labute approximate surface area is 151 Å². The SMILES string of the molecule is CC(C)CCN1C[C@@H]2N(c3ncccn3)CCC[C@]2(C(=O)N(C)C)C1. The zero-order chi connectivity index (χ0) is 18.0. The Morgan fingerprint density at radius 1 is 1.36 bits per heavy atom. The lowest BCUT2D eigenvalue weighted by atomic mass is 9.74. The number of carbonyl (C=O) groups is 1. The van der Waals surface area contributed by atoms with E-state index in [-0.39, 0.29) is 17.4 Å². The maximum absolute atomic E-state index is 13.2. The van der Waals surface area contributed by atoms with Gasteiger partial charge in [0.05, 0.1) is 11.5 Å². The maximum atomic E-state index is 13.2. The van der Waals surface area contributed by atoms with E-state index in [1.54, 1.807) is 17.3 Å². The van der Waals surface area contributed by atoms with Gasteiger partial charge < -0.3 is 14.7 Å². The van der Waals surface area contributed by atoms with Crippen molar-refractivity contribution in [3.63, 3.8) is 0 Å². The zero-order valence-electron chi connectivity index (χ0n) is 16.0. The van der Waals surface area contributed by atoms with Crippen LogP contribution < -0.4 is 4.90 Å². The van der Waals surface area contributed by atoms with Crippen LogP contribution in [0.1, 0.15) is 33.1 Å². The number of amides is 1. The van der Waals surface area contributed by atoms with Gasteiger partial charge in [-0.2, -0.15) is 0 Å². The number of likely N-dealkylation sites (tertiary alicyclic amines) is 1. The Bertz CT molecular complexity index is 591. The third kappa shape index (κ3) is 3.50.